The van der Waals surface area contributed by atoms with Crippen molar-refractivity contribution in [2.24, 2.45) is 0 Å². The highest BCUT2D eigenvalue weighted by Gasteiger charge is 2.13. The Balaban J connectivity index is 1.50. The number of nitrogens with zero attached hydrogens (tertiary/aromatic N) is 3. The molecule has 0 radical (unpaired) electrons. The number of benzene rings is 1. The number of nitrogens with one attached hydrogen (secondary N) is 1. The fourth-order valence-corrected chi connectivity index (χ4v) is 2.46. The summed E-state index contributed by atoms with van der Waals surface area (Å²) in [4.78, 5) is 14.1. The van der Waals surface area contributed by atoms with Crippen LogP contribution < -0.4 is 10.2 Å². The van der Waals surface area contributed by atoms with E-state index < -0.39 is 0 Å². The van der Waals surface area contributed by atoms with Crippen LogP contribution in [0.1, 0.15) is 12.0 Å². The normalized spacial score (nSPS) is 14.5. The lowest BCUT2D eigenvalue weighted by Crippen LogP contribution is -2.36. The molecule has 2 aromatic rings. The van der Waals surface area contributed by atoms with Gasteiger partial charge in [0, 0.05) is 19.5 Å². The fourth-order valence-electron chi connectivity index (χ4n) is 2.46. The quantitative estimate of drug-likeness (QED) is 0.913. The molecule has 0 aliphatic carbocycles. The molecule has 1 amide bonds. The smallest absolute Gasteiger partial charge is 0.225 e. The number of amides is 1. The van der Waals surface area contributed by atoms with E-state index in [1.807, 2.05) is 36.4 Å². The van der Waals surface area contributed by atoms with Crippen molar-refractivity contribution >= 4 is 17.5 Å². The largest absolute Gasteiger partial charge is 0.378 e. The summed E-state index contributed by atoms with van der Waals surface area (Å²) in [5, 5.41) is 11.1. The lowest BCUT2D eigenvalue weighted by molar-refractivity contribution is -0.116. The molecule has 0 spiro atoms. The van der Waals surface area contributed by atoms with Crippen LogP contribution in [0.15, 0.2) is 42.5 Å². The summed E-state index contributed by atoms with van der Waals surface area (Å²) < 4.78 is 5.31. The number of hydrogen-bond acceptors (Lipinski definition) is 5. The van der Waals surface area contributed by atoms with Gasteiger partial charge in [0.15, 0.2) is 11.6 Å². The second-order valence-electron chi connectivity index (χ2n) is 5.41. The zero-order valence-electron chi connectivity index (χ0n) is 12.9. The first-order valence-corrected chi connectivity index (χ1v) is 7.81. The van der Waals surface area contributed by atoms with Crippen LogP contribution in [0.2, 0.25) is 0 Å². The van der Waals surface area contributed by atoms with Crippen molar-refractivity contribution in [1.82, 2.24) is 10.2 Å². The minimum absolute atomic E-state index is 0.0534. The highest BCUT2D eigenvalue weighted by molar-refractivity contribution is 5.89. The Labute approximate surface area is 135 Å². The molecule has 0 saturated carbocycles. The van der Waals surface area contributed by atoms with E-state index >= 15 is 0 Å². The molecule has 1 saturated heterocycles. The summed E-state index contributed by atoms with van der Waals surface area (Å²) >= 11 is 0. The van der Waals surface area contributed by atoms with Gasteiger partial charge in [-0.15, -0.1) is 10.2 Å². The van der Waals surface area contributed by atoms with Crippen molar-refractivity contribution in [3.05, 3.63) is 48.0 Å². The number of carbonyl (C=O) groups excluding carboxylic acids is 1. The van der Waals surface area contributed by atoms with Crippen LogP contribution >= 0.6 is 0 Å². The third-order valence-electron chi connectivity index (χ3n) is 3.74. The summed E-state index contributed by atoms with van der Waals surface area (Å²) in [5.74, 6) is 1.25. The highest BCUT2D eigenvalue weighted by atomic mass is 16.5. The summed E-state index contributed by atoms with van der Waals surface area (Å²) in [6, 6.07) is 13.6. The molecule has 2 heterocycles. The van der Waals surface area contributed by atoms with E-state index in [0.717, 1.165) is 24.5 Å². The summed E-state index contributed by atoms with van der Waals surface area (Å²) in [6.45, 7) is 3.05. The summed E-state index contributed by atoms with van der Waals surface area (Å²) in [7, 11) is 0. The first-order valence-electron chi connectivity index (χ1n) is 7.81. The van der Waals surface area contributed by atoms with Gasteiger partial charge in [-0.05, 0) is 24.1 Å². The Morgan fingerprint density at radius 1 is 1.09 bits per heavy atom. The molecule has 1 aromatic heterocycles. The number of hydrogen-bond donors (Lipinski definition) is 1. The molecule has 1 aliphatic rings. The van der Waals surface area contributed by atoms with Gasteiger partial charge in [0.25, 0.3) is 0 Å². The minimum atomic E-state index is -0.0534. The zero-order valence-corrected chi connectivity index (χ0v) is 12.9. The maximum Gasteiger partial charge on any atom is 0.225 e. The average Bonchev–Trinajstić information content (AvgIpc) is 2.62. The summed E-state index contributed by atoms with van der Waals surface area (Å²) in [6.07, 6.45) is 1.14. The molecule has 1 aliphatic heterocycles. The van der Waals surface area contributed by atoms with Gasteiger partial charge in [-0.3, -0.25) is 4.79 Å². The number of anilines is 2. The number of ether oxygens (including phenoxy) is 1. The molecular formula is C17H20N4O2. The molecule has 0 bridgehead atoms. The number of rotatable bonds is 5. The summed E-state index contributed by atoms with van der Waals surface area (Å²) in [5.41, 5.74) is 1.15. The van der Waals surface area contributed by atoms with Crippen LogP contribution in [-0.2, 0) is 16.0 Å². The van der Waals surface area contributed by atoms with Gasteiger partial charge < -0.3 is 15.0 Å². The van der Waals surface area contributed by atoms with Gasteiger partial charge in [0.05, 0.1) is 13.2 Å². The van der Waals surface area contributed by atoms with Gasteiger partial charge >= 0.3 is 0 Å². The van der Waals surface area contributed by atoms with Crippen LogP contribution in [0, 0.1) is 0 Å². The van der Waals surface area contributed by atoms with E-state index in [1.165, 1.54) is 0 Å². The first kappa shape index (κ1) is 15.4. The minimum Gasteiger partial charge on any atom is -0.378 e. The van der Waals surface area contributed by atoms with Crippen molar-refractivity contribution < 1.29 is 9.53 Å². The molecule has 0 unspecified atom stereocenters. The molecule has 3 rings (SSSR count). The van der Waals surface area contributed by atoms with Crippen LogP contribution in [0.4, 0.5) is 11.6 Å². The van der Waals surface area contributed by atoms with Gasteiger partial charge in [-0.2, -0.15) is 0 Å². The van der Waals surface area contributed by atoms with E-state index in [9.17, 15) is 4.79 Å². The zero-order chi connectivity index (χ0) is 15.9. The highest BCUT2D eigenvalue weighted by Crippen LogP contribution is 2.13. The Morgan fingerprint density at radius 2 is 1.87 bits per heavy atom. The van der Waals surface area contributed by atoms with Crippen molar-refractivity contribution in [3.63, 3.8) is 0 Å². The van der Waals surface area contributed by atoms with Crippen LogP contribution in [0.3, 0.4) is 0 Å². The molecule has 0 atom stereocenters. The van der Waals surface area contributed by atoms with E-state index in [2.05, 4.69) is 20.4 Å². The van der Waals surface area contributed by atoms with Gasteiger partial charge in [0.2, 0.25) is 5.91 Å². The van der Waals surface area contributed by atoms with Crippen LogP contribution in [0.25, 0.3) is 0 Å². The lowest BCUT2D eigenvalue weighted by atomic mass is 10.1. The molecule has 1 N–H and O–H groups in total. The topological polar surface area (TPSA) is 67.4 Å². The standard InChI is InChI=1S/C17H20N4O2/c22-17(9-6-14-4-2-1-3-5-14)18-15-7-8-16(20-19-15)21-10-12-23-13-11-21/h1-5,7-8H,6,9-13H2,(H,18,19,22). The van der Waals surface area contributed by atoms with E-state index in [0.29, 0.717) is 31.9 Å². The van der Waals surface area contributed by atoms with Crippen molar-refractivity contribution in [1.29, 1.82) is 0 Å². The molecule has 6 heteroatoms. The van der Waals surface area contributed by atoms with Crippen LogP contribution in [0.5, 0.6) is 0 Å². The fraction of sp³-hybridized carbons (Fsp3) is 0.353. The monoisotopic (exact) mass is 312 g/mol. The maximum absolute atomic E-state index is 12.0. The molecule has 120 valence electrons. The number of morpholine rings is 1. The Hall–Kier alpha value is -2.47. The maximum atomic E-state index is 12.0. The van der Waals surface area contributed by atoms with E-state index in [4.69, 9.17) is 4.74 Å². The van der Waals surface area contributed by atoms with Gasteiger partial charge in [-0.25, -0.2) is 0 Å². The number of carbonyl (C=O) groups is 1. The number of aromatic nitrogens is 2. The van der Waals surface area contributed by atoms with Gasteiger partial charge in [-0.1, -0.05) is 30.3 Å². The Kier molecular flexibility index (Phi) is 5.16. The van der Waals surface area contributed by atoms with Gasteiger partial charge in [0.1, 0.15) is 0 Å². The lowest BCUT2D eigenvalue weighted by Gasteiger charge is -2.27. The third-order valence-corrected chi connectivity index (χ3v) is 3.74. The predicted octanol–water partition coefficient (Wildman–Crippen LogP) is 1.88. The average molecular weight is 312 g/mol. The Morgan fingerprint density at radius 3 is 2.57 bits per heavy atom. The van der Waals surface area contributed by atoms with Crippen LogP contribution in [-0.4, -0.2) is 42.4 Å². The van der Waals surface area contributed by atoms with E-state index in [-0.39, 0.29) is 5.91 Å². The van der Waals surface area contributed by atoms with E-state index in [1.54, 1.807) is 6.07 Å². The first-order chi connectivity index (χ1) is 11.3. The predicted molar refractivity (Wildman–Crippen MR) is 88.5 cm³/mol. The van der Waals surface area contributed by atoms with Crippen molar-refractivity contribution in [3.8, 4) is 0 Å². The molecular weight excluding hydrogens is 292 g/mol. The molecule has 6 nitrogen and oxygen atoms in total. The molecule has 23 heavy (non-hydrogen) atoms. The Bertz CT molecular complexity index is 625. The molecule has 1 fully saturated rings. The number of aryl methyl sites for hydroxylation is 1. The SMILES string of the molecule is O=C(CCc1ccccc1)Nc1ccc(N2CCOCC2)nn1. The molecule has 1 aromatic carbocycles. The second-order valence-corrected chi connectivity index (χ2v) is 5.41. The third kappa shape index (κ3) is 4.50. The second kappa shape index (κ2) is 7.69. The van der Waals surface area contributed by atoms with Crippen molar-refractivity contribution in [2.45, 2.75) is 12.8 Å². The van der Waals surface area contributed by atoms with Crippen molar-refractivity contribution in [2.75, 3.05) is 36.5 Å².